The van der Waals surface area contributed by atoms with Crippen LogP contribution in [0.25, 0.3) is 0 Å². The summed E-state index contributed by atoms with van der Waals surface area (Å²) in [6, 6.07) is 0. The van der Waals surface area contributed by atoms with Crippen LogP contribution in [0.4, 0.5) is 0 Å². The van der Waals surface area contributed by atoms with E-state index in [1.165, 1.54) is 25.7 Å². The van der Waals surface area contributed by atoms with Gasteiger partial charge in [-0.2, -0.15) is 0 Å². The molecule has 1 aliphatic rings. The first-order chi connectivity index (χ1) is 7.08. The Labute approximate surface area is 93.6 Å². The van der Waals surface area contributed by atoms with E-state index in [0.717, 1.165) is 19.3 Å². The molecule has 0 aromatic heterocycles. The standard InChI is InChI=1S/C13H25NO/c1-11(2)5-3-6-12(15)9-13(10-14)7-4-8-13/h11H,3-10,14H2,1-2H3. The predicted molar refractivity (Wildman–Crippen MR) is 63.7 cm³/mol. The monoisotopic (exact) mass is 211 g/mol. The summed E-state index contributed by atoms with van der Waals surface area (Å²) in [5.74, 6) is 1.14. The molecule has 1 saturated carbocycles. The molecular formula is C13H25NO. The molecule has 15 heavy (non-hydrogen) atoms. The Balaban J connectivity index is 2.17. The first-order valence-electron chi connectivity index (χ1n) is 6.30. The van der Waals surface area contributed by atoms with Crippen molar-refractivity contribution in [2.45, 2.75) is 58.8 Å². The van der Waals surface area contributed by atoms with Crippen LogP contribution in [0.3, 0.4) is 0 Å². The fourth-order valence-corrected chi connectivity index (χ4v) is 2.34. The number of nitrogens with two attached hydrogens (primary N) is 1. The minimum atomic E-state index is 0.203. The molecule has 0 aromatic carbocycles. The largest absolute Gasteiger partial charge is 0.330 e. The van der Waals surface area contributed by atoms with E-state index < -0.39 is 0 Å². The maximum Gasteiger partial charge on any atom is 0.133 e. The smallest absolute Gasteiger partial charge is 0.133 e. The maximum atomic E-state index is 11.7. The van der Waals surface area contributed by atoms with Gasteiger partial charge >= 0.3 is 0 Å². The van der Waals surface area contributed by atoms with Crippen molar-refractivity contribution in [3.63, 3.8) is 0 Å². The molecule has 88 valence electrons. The van der Waals surface area contributed by atoms with Crippen molar-refractivity contribution in [3.8, 4) is 0 Å². The van der Waals surface area contributed by atoms with Crippen LogP contribution in [-0.2, 0) is 4.79 Å². The Hall–Kier alpha value is -0.370. The third kappa shape index (κ3) is 3.94. The zero-order valence-electron chi connectivity index (χ0n) is 10.2. The minimum Gasteiger partial charge on any atom is -0.330 e. The highest BCUT2D eigenvalue weighted by molar-refractivity contribution is 5.79. The Morgan fingerprint density at radius 3 is 2.47 bits per heavy atom. The van der Waals surface area contributed by atoms with Crippen LogP contribution in [0.2, 0.25) is 0 Å². The van der Waals surface area contributed by atoms with E-state index in [-0.39, 0.29) is 5.41 Å². The Morgan fingerprint density at radius 2 is 2.07 bits per heavy atom. The highest BCUT2D eigenvalue weighted by Gasteiger charge is 2.36. The van der Waals surface area contributed by atoms with E-state index in [1.54, 1.807) is 0 Å². The van der Waals surface area contributed by atoms with Gasteiger partial charge in [0, 0.05) is 12.8 Å². The van der Waals surface area contributed by atoms with E-state index in [9.17, 15) is 4.79 Å². The lowest BCUT2D eigenvalue weighted by molar-refractivity contribution is -0.122. The molecule has 2 heteroatoms. The summed E-state index contributed by atoms with van der Waals surface area (Å²) in [6.07, 6.45) is 7.31. The topological polar surface area (TPSA) is 43.1 Å². The van der Waals surface area contributed by atoms with Crippen molar-refractivity contribution in [2.24, 2.45) is 17.1 Å². The van der Waals surface area contributed by atoms with Gasteiger partial charge in [0.15, 0.2) is 0 Å². The fraction of sp³-hybridized carbons (Fsp3) is 0.923. The molecule has 2 N–H and O–H groups in total. The molecule has 0 unspecified atom stereocenters. The van der Waals surface area contributed by atoms with Crippen molar-refractivity contribution in [3.05, 3.63) is 0 Å². The molecule has 0 heterocycles. The average Bonchev–Trinajstić information content (AvgIpc) is 2.11. The summed E-state index contributed by atoms with van der Waals surface area (Å²) in [7, 11) is 0. The maximum absolute atomic E-state index is 11.7. The van der Waals surface area contributed by atoms with Crippen LogP contribution in [0.15, 0.2) is 0 Å². The van der Waals surface area contributed by atoms with E-state index in [2.05, 4.69) is 13.8 Å². The third-order valence-corrected chi connectivity index (χ3v) is 3.66. The van der Waals surface area contributed by atoms with Crippen LogP contribution < -0.4 is 5.73 Å². The van der Waals surface area contributed by atoms with E-state index >= 15 is 0 Å². The van der Waals surface area contributed by atoms with Gasteiger partial charge in [0.05, 0.1) is 0 Å². The molecule has 0 atom stereocenters. The molecule has 1 fully saturated rings. The SMILES string of the molecule is CC(C)CCCC(=O)CC1(CN)CCC1. The number of rotatable bonds is 7. The van der Waals surface area contributed by atoms with Crippen molar-refractivity contribution in [2.75, 3.05) is 6.54 Å². The molecule has 2 nitrogen and oxygen atoms in total. The van der Waals surface area contributed by atoms with E-state index in [0.29, 0.717) is 18.2 Å². The van der Waals surface area contributed by atoms with Crippen LogP contribution in [0, 0.1) is 11.3 Å². The molecule has 0 spiro atoms. The zero-order valence-corrected chi connectivity index (χ0v) is 10.2. The lowest BCUT2D eigenvalue weighted by Gasteiger charge is -2.40. The Bertz CT molecular complexity index is 201. The molecule has 0 radical (unpaired) electrons. The molecule has 0 aromatic rings. The van der Waals surface area contributed by atoms with Gasteiger partial charge in [-0.1, -0.05) is 26.7 Å². The summed E-state index contributed by atoms with van der Waals surface area (Å²) in [4.78, 5) is 11.7. The Kier molecular flexibility index (Phi) is 4.78. The normalized spacial score (nSPS) is 18.9. The second kappa shape index (κ2) is 5.64. The molecule has 1 aliphatic carbocycles. The summed E-state index contributed by atoms with van der Waals surface area (Å²) >= 11 is 0. The van der Waals surface area contributed by atoms with Gasteiger partial charge in [-0.25, -0.2) is 0 Å². The van der Waals surface area contributed by atoms with Gasteiger partial charge in [-0.05, 0) is 37.1 Å². The van der Waals surface area contributed by atoms with Crippen LogP contribution in [0.5, 0.6) is 0 Å². The van der Waals surface area contributed by atoms with Crippen molar-refractivity contribution in [1.29, 1.82) is 0 Å². The zero-order chi connectivity index (χ0) is 11.3. The van der Waals surface area contributed by atoms with Crippen LogP contribution >= 0.6 is 0 Å². The first kappa shape index (κ1) is 12.7. The number of carbonyl (C=O) groups excluding carboxylic acids is 1. The predicted octanol–water partition coefficient (Wildman–Crippen LogP) is 2.90. The van der Waals surface area contributed by atoms with Crippen LogP contribution in [0.1, 0.15) is 58.8 Å². The van der Waals surface area contributed by atoms with E-state index in [1.807, 2.05) is 0 Å². The molecule has 0 saturated heterocycles. The van der Waals surface area contributed by atoms with Crippen molar-refractivity contribution >= 4 is 5.78 Å². The fourth-order valence-electron chi connectivity index (χ4n) is 2.34. The highest BCUT2D eigenvalue weighted by atomic mass is 16.1. The Morgan fingerprint density at radius 1 is 1.40 bits per heavy atom. The lowest BCUT2D eigenvalue weighted by atomic mass is 9.65. The van der Waals surface area contributed by atoms with Crippen molar-refractivity contribution in [1.82, 2.24) is 0 Å². The first-order valence-corrected chi connectivity index (χ1v) is 6.30. The van der Waals surface area contributed by atoms with Crippen LogP contribution in [-0.4, -0.2) is 12.3 Å². The molecule has 0 amide bonds. The van der Waals surface area contributed by atoms with Gasteiger partial charge in [0.2, 0.25) is 0 Å². The lowest BCUT2D eigenvalue weighted by Crippen LogP contribution is -2.39. The number of hydrogen-bond acceptors (Lipinski definition) is 2. The quantitative estimate of drug-likeness (QED) is 0.703. The summed E-state index contributed by atoms with van der Waals surface area (Å²) in [5.41, 5.74) is 5.95. The van der Waals surface area contributed by atoms with Crippen molar-refractivity contribution < 1.29 is 4.79 Å². The second-order valence-corrected chi connectivity index (χ2v) is 5.56. The second-order valence-electron chi connectivity index (χ2n) is 5.56. The van der Waals surface area contributed by atoms with Gasteiger partial charge in [0.1, 0.15) is 5.78 Å². The number of ketones is 1. The average molecular weight is 211 g/mol. The summed E-state index contributed by atoms with van der Waals surface area (Å²) < 4.78 is 0. The molecule has 0 bridgehead atoms. The molecule has 0 aliphatic heterocycles. The van der Waals surface area contributed by atoms with E-state index in [4.69, 9.17) is 5.73 Å². The summed E-state index contributed by atoms with van der Waals surface area (Å²) in [6.45, 7) is 5.11. The third-order valence-electron chi connectivity index (χ3n) is 3.66. The number of hydrogen-bond donors (Lipinski definition) is 1. The minimum absolute atomic E-state index is 0.203. The highest BCUT2D eigenvalue weighted by Crippen LogP contribution is 2.43. The number of Topliss-reactive ketones (excluding diaryl/α,β-unsaturated/α-hetero) is 1. The van der Waals surface area contributed by atoms with Gasteiger partial charge in [0.25, 0.3) is 0 Å². The molecule has 1 rings (SSSR count). The van der Waals surface area contributed by atoms with Gasteiger partial charge < -0.3 is 5.73 Å². The molecular weight excluding hydrogens is 186 g/mol. The summed E-state index contributed by atoms with van der Waals surface area (Å²) in [5, 5.41) is 0. The number of carbonyl (C=O) groups is 1. The van der Waals surface area contributed by atoms with Gasteiger partial charge in [-0.15, -0.1) is 0 Å². The van der Waals surface area contributed by atoms with Gasteiger partial charge in [-0.3, -0.25) is 4.79 Å².